The van der Waals surface area contributed by atoms with Gasteiger partial charge in [0.2, 0.25) is 5.91 Å². The van der Waals surface area contributed by atoms with E-state index in [1.807, 2.05) is 44.3 Å². The first-order chi connectivity index (χ1) is 8.56. The van der Waals surface area contributed by atoms with E-state index in [9.17, 15) is 4.79 Å². The third-order valence-corrected chi connectivity index (χ3v) is 2.82. The summed E-state index contributed by atoms with van der Waals surface area (Å²) in [5.41, 5.74) is 7.61. The summed E-state index contributed by atoms with van der Waals surface area (Å²) in [6.07, 6.45) is 2.49. The van der Waals surface area contributed by atoms with E-state index in [4.69, 9.17) is 5.73 Å². The van der Waals surface area contributed by atoms with Crippen LogP contribution >= 0.6 is 0 Å². The van der Waals surface area contributed by atoms with Crippen molar-refractivity contribution in [1.29, 1.82) is 0 Å². The number of hydrogen-bond donors (Lipinski definition) is 2. The smallest absolute Gasteiger partial charge is 0.221 e. The zero-order valence-corrected chi connectivity index (χ0v) is 10.8. The molecule has 0 aliphatic carbocycles. The lowest BCUT2D eigenvalue weighted by Gasteiger charge is -2.09. The van der Waals surface area contributed by atoms with Gasteiger partial charge in [-0.05, 0) is 38.1 Å². The number of aryl methyl sites for hydroxylation is 1. The highest BCUT2D eigenvalue weighted by Crippen LogP contribution is 2.18. The van der Waals surface area contributed by atoms with Crippen LogP contribution in [0.3, 0.4) is 0 Å². The predicted molar refractivity (Wildman–Crippen MR) is 74.2 cm³/mol. The maximum atomic E-state index is 11.6. The molecule has 0 radical (unpaired) electrons. The van der Waals surface area contributed by atoms with Gasteiger partial charge in [-0.15, -0.1) is 0 Å². The van der Waals surface area contributed by atoms with Gasteiger partial charge in [0.15, 0.2) is 0 Å². The van der Waals surface area contributed by atoms with Crippen molar-refractivity contribution in [1.82, 2.24) is 9.88 Å². The Bertz CT molecular complexity index is 557. The first kappa shape index (κ1) is 12.5. The normalized spacial score (nSPS) is 11.1. The number of rotatable bonds is 4. The summed E-state index contributed by atoms with van der Waals surface area (Å²) < 4.78 is 2.08. The van der Waals surface area contributed by atoms with Crippen LogP contribution < -0.4 is 11.1 Å². The molecule has 1 amide bonds. The fourth-order valence-electron chi connectivity index (χ4n) is 2.03. The van der Waals surface area contributed by atoms with E-state index in [-0.39, 0.29) is 11.9 Å². The molecule has 1 heterocycles. The Labute approximate surface area is 107 Å². The molecular weight excluding hydrogens is 226 g/mol. The van der Waals surface area contributed by atoms with Crippen molar-refractivity contribution < 1.29 is 4.79 Å². The Hall–Kier alpha value is -1.97. The number of aromatic nitrogens is 1. The van der Waals surface area contributed by atoms with Crippen LogP contribution in [0.1, 0.15) is 20.3 Å². The molecule has 0 spiro atoms. The highest BCUT2D eigenvalue weighted by Gasteiger charge is 2.05. The SMILES string of the molecule is CC(C)NC(=O)CCn1ccc2cc(N)ccc21. The second kappa shape index (κ2) is 5.12. The number of nitrogens with one attached hydrogen (secondary N) is 1. The lowest BCUT2D eigenvalue weighted by molar-refractivity contribution is -0.121. The summed E-state index contributed by atoms with van der Waals surface area (Å²) in [6.45, 7) is 4.61. The third kappa shape index (κ3) is 2.83. The molecule has 2 rings (SSSR count). The predicted octanol–water partition coefficient (Wildman–Crippen LogP) is 2.14. The minimum atomic E-state index is 0.0855. The van der Waals surface area contributed by atoms with Crippen molar-refractivity contribution in [3.63, 3.8) is 0 Å². The molecule has 1 aromatic heterocycles. The third-order valence-electron chi connectivity index (χ3n) is 2.82. The fraction of sp³-hybridized carbons (Fsp3) is 0.357. The molecule has 0 unspecified atom stereocenters. The molecule has 2 aromatic rings. The van der Waals surface area contributed by atoms with Crippen molar-refractivity contribution in [2.45, 2.75) is 32.9 Å². The summed E-state index contributed by atoms with van der Waals surface area (Å²) in [4.78, 5) is 11.6. The van der Waals surface area contributed by atoms with Crippen LogP contribution in [0, 0.1) is 0 Å². The molecule has 96 valence electrons. The van der Waals surface area contributed by atoms with E-state index in [0.717, 1.165) is 16.6 Å². The molecule has 0 aliphatic heterocycles. The van der Waals surface area contributed by atoms with Crippen LogP contribution in [0.5, 0.6) is 0 Å². The van der Waals surface area contributed by atoms with Crippen molar-refractivity contribution in [3.8, 4) is 0 Å². The van der Waals surface area contributed by atoms with Crippen LogP contribution in [0.2, 0.25) is 0 Å². The molecule has 0 bridgehead atoms. The van der Waals surface area contributed by atoms with Crippen LogP contribution in [0.4, 0.5) is 5.69 Å². The summed E-state index contributed by atoms with van der Waals surface area (Å²) in [7, 11) is 0. The lowest BCUT2D eigenvalue weighted by atomic mass is 10.2. The Morgan fingerprint density at radius 1 is 1.39 bits per heavy atom. The van der Waals surface area contributed by atoms with Crippen LogP contribution in [-0.2, 0) is 11.3 Å². The number of amides is 1. The fourth-order valence-corrected chi connectivity index (χ4v) is 2.03. The first-order valence-electron chi connectivity index (χ1n) is 6.20. The van der Waals surface area contributed by atoms with E-state index >= 15 is 0 Å². The van der Waals surface area contributed by atoms with Gasteiger partial charge in [-0.2, -0.15) is 0 Å². The maximum absolute atomic E-state index is 11.6. The second-order valence-electron chi connectivity index (χ2n) is 4.80. The highest BCUT2D eigenvalue weighted by atomic mass is 16.1. The number of nitrogens with zero attached hydrogens (tertiary/aromatic N) is 1. The van der Waals surface area contributed by atoms with Gasteiger partial charge < -0.3 is 15.6 Å². The lowest BCUT2D eigenvalue weighted by Crippen LogP contribution is -2.30. The van der Waals surface area contributed by atoms with Crippen molar-refractivity contribution >= 4 is 22.5 Å². The standard InChI is InChI=1S/C14H19N3O/c1-10(2)16-14(18)6-8-17-7-5-11-9-12(15)3-4-13(11)17/h3-5,7,9-10H,6,8,15H2,1-2H3,(H,16,18). The number of nitrogen functional groups attached to an aromatic ring is 1. The van der Waals surface area contributed by atoms with Crippen LogP contribution in [0.15, 0.2) is 30.5 Å². The van der Waals surface area contributed by atoms with Crippen molar-refractivity contribution in [2.24, 2.45) is 0 Å². The molecule has 0 aliphatic rings. The number of fused-ring (bicyclic) bond motifs is 1. The monoisotopic (exact) mass is 245 g/mol. The van der Waals surface area contributed by atoms with E-state index in [0.29, 0.717) is 13.0 Å². The molecule has 0 fully saturated rings. The Morgan fingerprint density at radius 3 is 2.89 bits per heavy atom. The van der Waals surface area contributed by atoms with Gasteiger partial charge in [0.05, 0.1) is 0 Å². The molecule has 4 heteroatoms. The van der Waals surface area contributed by atoms with Gasteiger partial charge in [-0.1, -0.05) is 0 Å². The quantitative estimate of drug-likeness (QED) is 0.811. The molecule has 3 N–H and O–H groups in total. The van der Waals surface area contributed by atoms with Gasteiger partial charge in [0.1, 0.15) is 0 Å². The van der Waals surface area contributed by atoms with E-state index in [1.54, 1.807) is 0 Å². The number of hydrogen-bond acceptors (Lipinski definition) is 2. The summed E-state index contributed by atoms with van der Waals surface area (Å²) in [6, 6.07) is 8.03. The van der Waals surface area contributed by atoms with Crippen molar-refractivity contribution in [3.05, 3.63) is 30.5 Å². The minimum absolute atomic E-state index is 0.0855. The summed E-state index contributed by atoms with van der Waals surface area (Å²) in [5.74, 6) is 0.0855. The average Bonchev–Trinajstić information content (AvgIpc) is 2.67. The zero-order valence-electron chi connectivity index (χ0n) is 10.8. The van der Waals surface area contributed by atoms with E-state index in [1.165, 1.54) is 0 Å². The van der Waals surface area contributed by atoms with Gasteiger partial charge in [0.25, 0.3) is 0 Å². The number of anilines is 1. The second-order valence-corrected chi connectivity index (χ2v) is 4.80. The zero-order chi connectivity index (χ0) is 13.1. The Morgan fingerprint density at radius 2 is 2.17 bits per heavy atom. The molecular formula is C14H19N3O. The first-order valence-corrected chi connectivity index (χ1v) is 6.20. The Kier molecular flexibility index (Phi) is 3.55. The van der Waals surface area contributed by atoms with Gasteiger partial charge in [0, 0.05) is 41.8 Å². The van der Waals surface area contributed by atoms with Gasteiger partial charge >= 0.3 is 0 Å². The topological polar surface area (TPSA) is 60.0 Å². The minimum Gasteiger partial charge on any atom is -0.399 e. The molecule has 0 atom stereocenters. The summed E-state index contributed by atoms with van der Waals surface area (Å²) in [5, 5.41) is 4.00. The largest absolute Gasteiger partial charge is 0.399 e. The number of benzene rings is 1. The van der Waals surface area contributed by atoms with E-state index < -0.39 is 0 Å². The average molecular weight is 245 g/mol. The number of carbonyl (C=O) groups excluding carboxylic acids is 1. The van der Waals surface area contributed by atoms with Crippen LogP contribution in [-0.4, -0.2) is 16.5 Å². The number of nitrogens with two attached hydrogens (primary N) is 1. The number of carbonyl (C=O) groups is 1. The molecule has 18 heavy (non-hydrogen) atoms. The molecule has 1 aromatic carbocycles. The van der Waals surface area contributed by atoms with Crippen molar-refractivity contribution in [2.75, 3.05) is 5.73 Å². The van der Waals surface area contributed by atoms with Gasteiger partial charge in [-0.3, -0.25) is 4.79 Å². The molecule has 0 saturated carbocycles. The summed E-state index contributed by atoms with van der Waals surface area (Å²) >= 11 is 0. The molecule has 4 nitrogen and oxygen atoms in total. The Balaban J connectivity index is 2.06. The van der Waals surface area contributed by atoms with Gasteiger partial charge in [-0.25, -0.2) is 0 Å². The highest BCUT2D eigenvalue weighted by molar-refractivity contribution is 5.83. The molecule has 0 saturated heterocycles. The van der Waals surface area contributed by atoms with E-state index in [2.05, 4.69) is 9.88 Å². The maximum Gasteiger partial charge on any atom is 0.221 e. The van der Waals surface area contributed by atoms with Crippen LogP contribution in [0.25, 0.3) is 10.9 Å².